The van der Waals surface area contributed by atoms with E-state index in [1.54, 1.807) is 49.4 Å². The molecule has 4 aliphatic carbocycles. The minimum Gasteiger partial charge on any atom is -0.462 e. The third-order valence-electron chi connectivity index (χ3n) is 20.6. The number of fused-ring (bicyclic) bond motifs is 5. The summed E-state index contributed by atoms with van der Waals surface area (Å²) in [7, 11) is 8.18. The first kappa shape index (κ1) is 61.7. The van der Waals surface area contributed by atoms with Gasteiger partial charge in [-0.2, -0.15) is 0 Å². The van der Waals surface area contributed by atoms with Gasteiger partial charge in [0.2, 0.25) is 0 Å². The Morgan fingerprint density at radius 2 is 0.949 bits per heavy atom. The van der Waals surface area contributed by atoms with Crippen molar-refractivity contribution in [2.45, 2.75) is 286 Å². The predicted molar refractivity (Wildman–Crippen MR) is 279 cm³/mol. The number of hydrogen-bond donors (Lipinski definition) is 3. The fraction of sp³-hybridized carbons (Fsp3) is 0.931. The lowest BCUT2D eigenvalue weighted by Crippen LogP contribution is -2.71. The Bertz CT molecular complexity index is 2120. The lowest BCUT2D eigenvalue weighted by molar-refractivity contribution is -0.352. The first-order chi connectivity index (χ1) is 37.4. The van der Waals surface area contributed by atoms with E-state index in [0.29, 0.717) is 51.4 Å². The van der Waals surface area contributed by atoms with Crippen LogP contribution in [0.4, 0.5) is 0 Å². The normalized spacial score (nSPS) is 51.1. The zero-order valence-corrected chi connectivity index (χ0v) is 49.1. The number of ketones is 1. The van der Waals surface area contributed by atoms with Gasteiger partial charge >= 0.3 is 5.97 Å². The second-order valence-corrected chi connectivity index (χ2v) is 24.8. The number of aliphatic hydroxyl groups is 3. The summed E-state index contributed by atoms with van der Waals surface area (Å²) in [5, 5.41) is 35.1. The number of allylic oxidation sites excluding steroid dienone is 1. The van der Waals surface area contributed by atoms with Crippen molar-refractivity contribution >= 4 is 11.8 Å². The van der Waals surface area contributed by atoms with Gasteiger partial charge < -0.3 is 91.1 Å². The number of ether oxygens (including phenoxy) is 16. The smallest absolute Gasteiger partial charge is 0.302 e. The van der Waals surface area contributed by atoms with Crippen molar-refractivity contribution in [1.29, 1.82) is 0 Å². The number of methoxy groups -OCH3 is 5. The molecule has 0 aromatic heterocycles. The zero-order chi connectivity index (χ0) is 57.1. The fourth-order valence-electron chi connectivity index (χ4n) is 15.9. The van der Waals surface area contributed by atoms with E-state index in [1.807, 2.05) is 27.7 Å². The minimum atomic E-state index is -1.81. The highest BCUT2D eigenvalue weighted by molar-refractivity contribution is 5.87. The number of esters is 1. The maximum absolute atomic E-state index is 13.1. The molecule has 9 aliphatic rings. The molecule has 3 N–H and O–H groups in total. The fourth-order valence-corrected chi connectivity index (χ4v) is 15.9. The van der Waals surface area contributed by atoms with Gasteiger partial charge in [0.05, 0.1) is 78.2 Å². The van der Waals surface area contributed by atoms with E-state index in [4.69, 9.17) is 75.8 Å². The number of Topliss-reactive ketones (excluding diaryl/α,β-unsaturated/α-hetero) is 1. The molecule has 0 unspecified atom stereocenters. The summed E-state index contributed by atoms with van der Waals surface area (Å²) in [6, 6.07) is 0. The molecular weight excluding hydrogens is 1030 g/mol. The Hall–Kier alpha value is -1.84. The highest BCUT2D eigenvalue weighted by Crippen LogP contribution is 2.69. The molecule has 0 amide bonds. The largest absolute Gasteiger partial charge is 0.462 e. The molecule has 5 saturated heterocycles. The number of carbonyl (C=O) groups is 2. The Morgan fingerprint density at radius 3 is 1.35 bits per heavy atom. The van der Waals surface area contributed by atoms with E-state index >= 15 is 0 Å². The first-order valence-electron chi connectivity index (χ1n) is 29.1. The van der Waals surface area contributed by atoms with E-state index in [0.717, 1.165) is 12.8 Å². The monoisotopic (exact) mass is 1130 g/mol. The van der Waals surface area contributed by atoms with Crippen molar-refractivity contribution in [3.05, 3.63) is 11.6 Å². The third-order valence-corrected chi connectivity index (χ3v) is 20.6. The molecule has 5 heterocycles. The highest BCUT2D eigenvalue weighted by atomic mass is 16.8. The molecule has 0 radical (unpaired) electrons. The van der Waals surface area contributed by atoms with Gasteiger partial charge in [-0.05, 0) is 104 Å². The molecule has 0 spiro atoms. The quantitative estimate of drug-likeness (QED) is 0.129. The summed E-state index contributed by atoms with van der Waals surface area (Å²) in [6.45, 7) is 16.2. The summed E-state index contributed by atoms with van der Waals surface area (Å²) in [5.41, 5.74) is -3.63. The van der Waals surface area contributed by atoms with Gasteiger partial charge in [-0.1, -0.05) is 25.5 Å². The van der Waals surface area contributed by atoms with Gasteiger partial charge in [0, 0.05) is 74.6 Å². The Balaban J connectivity index is 0.760. The summed E-state index contributed by atoms with van der Waals surface area (Å²) in [6.07, 6.45) is -3.03. The Kier molecular flexibility index (Phi) is 19.2. The topological polar surface area (TPSA) is 243 Å². The predicted octanol–water partition coefficient (Wildman–Crippen LogP) is 4.96. The van der Waals surface area contributed by atoms with Crippen molar-refractivity contribution < 1.29 is 101 Å². The number of carbonyl (C=O) groups excluding carboxylic acids is 2. The van der Waals surface area contributed by atoms with Crippen molar-refractivity contribution in [3.8, 4) is 0 Å². The van der Waals surface area contributed by atoms with Crippen LogP contribution in [0.25, 0.3) is 0 Å². The van der Waals surface area contributed by atoms with Crippen LogP contribution in [-0.2, 0) is 85.4 Å². The average molecular weight is 1130 g/mol. The first-order valence-corrected chi connectivity index (χ1v) is 29.1. The van der Waals surface area contributed by atoms with Crippen LogP contribution in [-0.4, -0.2) is 209 Å². The van der Waals surface area contributed by atoms with E-state index in [2.05, 4.69) is 13.0 Å². The second-order valence-electron chi connectivity index (χ2n) is 24.8. The van der Waals surface area contributed by atoms with Gasteiger partial charge in [-0.15, -0.1) is 0 Å². The Morgan fingerprint density at radius 1 is 0.544 bits per heavy atom. The SMILES string of the molecule is CO[C@H]1C[C@H](O[C@H]2CC[C@@]3(C)C(=CC[C@@H]4[C@@H]3C[C@@H](OC(C)=O)[C@]3(C)[C@](O)(C(C)=O)CC[C@]43O)C2)O[C@H](C)[C@H]1O[C@H]1C[C@@H](OC)[C@@H](O[C@H]2C[C@@H](OC)[C@@H](O[C@H]3C[C@H](OC)[C@H](O[C@H]4C[C@@H](OC)[C@@H](O)[C@H](C)O4)[C@@H](C)O3)[C@H](C)O2)[C@H](C)O1. The van der Waals surface area contributed by atoms with Crippen molar-refractivity contribution in [3.63, 3.8) is 0 Å². The summed E-state index contributed by atoms with van der Waals surface area (Å²) in [5.74, 6) is -1.18. The lowest BCUT2D eigenvalue weighted by atomic mass is 9.44. The Labute approximate surface area is 466 Å². The van der Waals surface area contributed by atoms with Crippen LogP contribution in [0.1, 0.15) is 139 Å². The van der Waals surface area contributed by atoms with Gasteiger partial charge in [0.25, 0.3) is 0 Å². The van der Waals surface area contributed by atoms with Gasteiger partial charge in [0.15, 0.2) is 37.2 Å². The maximum atomic E-state index is 13.1. The highest BCUT2D eigenvalue weighted by Gasteiger charge is 2.77. The summed E-state index contributed by atoms with van der Waals surface area (Å²) < 4.78 is 101. The molecule has 0 aromatic rings. The molecule has 0 bridgehead atoms. The van der Waals surface area contributed by atoms with Crippen molar-refractivity contribution in [2.24, 2.45) is 22.7 Å². The molecule has 452 valence electrons. The van der Waals surface area contributed by atoms with Crippen LogP contribution in [0.5, 0.6) is 0 Å². The molecule has 3 saturated carbocycles. The van der Waals surface area contributed by atoms with E-state index < -0.39 is 145 Å². The summed E-state index contributed by atoms with van der Waals surface area (Å²) in [4.78, 5) is 25.6. The van der Waals surface area contributed by atoms with E-state index in [9.17, 15) is 24.9 Å². The molecule has 9 rings (SSSR count). The second kappa shape index (κ2) is 24.6. The standard InChI is InChI=1S/C58H94O21/c1-28-50(61)39(64-10)23-46(69-28)76-52-30(3)71-48(25-41(52)66-12)78-54-32(5)73-49(27-43(54)68-14)79-53-31(4)72-47(26-42(53)67-13)77-51-29(2)70-45(24-40(51)65-11)75-36-17-18-55(8)35(21-36)15-16-37-38(55)22-44(74-34(7)60)56(9)57(62,33(6)59)19-20-58(37,56)63/h15,28-32,36-54,61-63H,16-27H2,1-14H3/t28-,29+,30+,31-,32-,36-,37+,38-,39+,40-,41-,42+,43+,44+,45-,46-,47-,48-,49-,50-,51+,52+,53-,54-,55-,56+,57+,58-/m0/s1. The number of rotatable bonds is 17. The van der Waals surface area contributed by atoms with E-state index in [-0.39, 0.29) is 48.4 Å². The molecule has 21 heteroatoms. The van der Waals surface area contributed by atoms with Gasteiger partial charge in [-0.3, -0.25) is 9.59 Å². The van der Waals surface area contributed by atoms with Crippen molar-refractivity contribution in [2.75, 3.05) is 35.5 Å². The van der Waals surface area contributed by atoms with Crippen LogP contribution in [0, 0.1) is 22.7 Å². The molecular formula is C58H94O21. The maximum Gasteiger partial charge on any atom is 0.302 e. The minimum absolute atomic E-state index is 0.0400. The average Bonchev–Trinajstić information content (AvgIpc) is 2.62. The van der Waals surface area contributed by atoms with Crippen LogP contribution in [0.15, 0.2) is 11.6 Å². The van der Waals surface area contributed by atoms with Crippen molar-refractivity contribution in [1.82, 2.24) is 0 Å². The number of aliphatic hydroxyl groups excluding tert-OH is 1. The van der Waals surface area contributed by atoms with Crippen LogP contribution < -0.4 is 0 Å². The third kappa shape index (κ3) is 11.6. The van der Waals surface area contributed by atoms with Crippen LogP contribution >= 0.6 is 0 Å². The molecule has 5 aliphatic heterocycles. The number of hydrogen-bond acceptors (Lipinski definition) is 21. The zero-order valence-electron chi connectivity index (χ0n) is 49.1. The van der Waals surface area contributed by atoms with Gasteiger partial charge in [-0.25, -0.2) is 0 Å². The molecule has 0 aromatic carbocycles. The lowest BCUT2D eigenvalue weighted by Gasteiger charge is -2.63. The van der Waals surface area contributed by atoms with E-state index in [1.165, 1.54) is 19.4 Å². The molecule has 79 heavy (non-hydrogen) atoms. The molecule has 8 fully saturated rings. The summed E-state index contributed by atoms with van der Waals surface area (Å²) >= 11 is 0. The van der Waals surface area contributed by atoms with Crippen LogP contribution in [0.3, 0.4) is 0 Å². The molecule has 21 nitrogen and oxygen atoms in total. The van der Waals surface area contributed by atoms with Crippen LogP contribution in [0.2, 0.25) is 0 Å². The molecule has 28 atom stereocenters. The van der Waals surface area contributed by atoms with Gasteiger partial charge in [0.1, 0.15) is 42.2 Å².